The lowest BCUT2D eigenvalue weighted by Crippen LogP contribution is -2.10. The van der Waals surface area contributed by atoms with Crippen LogP contribution < -0.4 is 0 Å². The standard InChI is InChI=1S/C18H16Cl3NO4/c1-2-26-16(25)8-7-15(24)18-14(23)6-3-10(22-18)9-11-12(19)4-5-13(20)17(11)21/h3-6,23H,2,7-9H2,1H3. The fourth-order valence-electron chi connectivity index (χ4n) is 2.28. The molecule has 0 fully saturated rings. The molecule has 8 heteroatoms. The molecule has 2 aromatic rings. The lowest BCUT2D eigenvalue weighted by molar-refractivity contribution is -0.143. The van der Waals surface area contributed by atoms with Crippen molar-refractivity contribution >= 4 is 46.6 Å². The molecule has 0 spiro atoms. The molecule has 0 saturated carbocycles. The van der Waals surface area contributed by atoms with Gasteiger partial charge in [0.05, 0.1) is 23.1 Å². The molecule has 1 heterocycles. The van der Waals surface area contributed by atoms with Crippen molar-refractivity contribution in [2.75, 3.05) is 6.61 Å². The first-order valence-electron chi connectivity index (χ1n) is 7.83. The highest BCUT2D eigenvalue weighted by Crippen LogP contribution is 2.33. The average molecular weight is 417 g/mol. The fourth-order valence-corrected chi connectivity index (χ4v) is 2.96. The minimum Gasteiger partial charge on any atom is -0.506 e. The van der Waals surface area contributed by atoms with Gasteiger partial charge in [0.15, 0.2) is 5.78 Å². The highest BCUT2D eigenvalue weighted by molar-refractivity contribution is 6.44. The van der Waals surface area contributed by atoms with E-state index in [0.29, 0.717) is 26.3 Å². The number of esters is 1. The van der Waals surface area contributed by atoms with Crippen molar-refractivity contribution in [2.45, 2.75) is 26.2 Å². The molecule has 1 aromatic carbocycles. The fraction of sp³-hybridized carbons (Fsp3) is 0.278. The van der Waals surface area contributed by atoms with Gasteiger partial charge >= 0.3 is 5.97 Å². The summed E-state index contributed by atoms with van der Waals surface area (Å²) < 4.78 is 4.78. The third kappa shape index (κ3) is 5.10. The summed E-state index contributed by atoms with van der Waals surface area (Å²) in [6.45, 7) is 1.93. The summed E-state index contributed by atoms with van der Waals surface area (Å²) in [6, 6.07) is 6.14. The number of nitrogens with zero attached hydrogens (tertiary/aromatic N) is 1. The molecular weight excluding hydrogens is 401 g/mol. The maximum atomic E-state index is 12.3. The number of pyridine rings is 1. The zero-order valence-corrected chi connectivity index (χ0v) is 16.2. The Bertz CT molecular complexity index is 839. The second-order valence-electron chi connectivity index (χ2n) is 5.40. The van der Waals surface area contributed by atoms with Gasteiger partial charge in [0.25, 0.3) is 0 Å². The second kappa shape index (κ2) is 9.21. The van der Waals surface area contributed by atoms with Crippen LogP contribution in [0.2, 0.25) is 15.1 Å². The zero-order chi connectivity index (χ0) is 19.3. The number of ether oxygens (including phenoxy) is 1. The number of carbonyl (C=O) groups is 2. The van der Waals surface area contributed by atoms with Gasteiger partial charge in [-0.1, -0.05) is 34.8 Å². The van der Waals surface area contributed by atoms with Crippen LogP contribution in [-0.4, -0.2) is 28.4 Å². The Labute approximate surface area is 165 Å². The minimum absolute atomic E-state index is 0.0794. The Balaban J connectivity index is 2.21. The molecular formula is C18H16Cl3NO4. The molecule has 0 aliphatic heterocycles. The van der Waals surface area contributed by atoms with Crippen molar-refractivity contribution in [3.8, 4) is 5.75 Å². The van der Waals surface area contributed by atoms with Gasteiger partial charge in [0.1, 0.15) is 11.4 Å². The molecule has 0 saturated heterocycles. The van der Waals surface area contributed by atoms with Gasteiger partial charge in [-0.3, -0.25) is 9.59 Å². The summed E-state index contributed by atoms with van der Waals surface area (Å²) in [5.41, 5.74) is 0.943. The van der Waals surface area contributed by atoms with E-state index >= 15 is 0 Å². The molecule has 2 rings (SSSR count). The first kappa shape index (κ1) is 20.5. The summed E-state index contributed by atoms with van der Waals surface area (Å²) in [7, 11) is 0. The highest BCUT2D eigenvalue weighted by Gasteiger charge is 2.17. The van der Waals surface area contributed by atoms with Crippen molar-refractivity contribution in [3.63, 3.8) is 0 Å². The smallest absolute Gasteiger partial charge is 0.306 e. The van der Waals surface area contributed by atoms with Crippen LogP contribution in [0.4, 0.5) is 0 Å². The van der Waals surface area contributed by atoms with Gasteiger partial charge < -0.3 is 9.84 Å². The molecule has 0 unspecified atom stereocenters. The van der Waals surface area contributed by atoms with Crippen LogP contribution in [0.1, 0.15) is 41.5 Å². The predicted molar refractivity (Wildman–Crippen MR) is 100 cm³/mol. The number of ketones is 1. The van der Waals surface area contributed by atoms with E-state index in [4.69, 9.17) is 39.5 Å². The summed E-state index contributed by atoms with van der Waals surface area (Å²) in [6.07, 6.45) is 0.0438. The van der Waals surface area contributed by atoms with E-state index in [-0.39, 0.29) is 37.3 Å². The van der Waals surface area contributed by atoms with Gasteiger partial charge in [0, 0.05) is 23.6 Å². The SMILES string of the molecule is CCOC(=O)CCC(=O)c1nc(Cc2c(Cl)ccc(Cl)c2Cl)ccc1O. The molecule has 0 aliphatic carbocycles. The Kier molecular flexibility index (Phi) is 7.26. The Morgan fingerprint density at radius 2 is 1.77 bits per heavy atom. The number of carbonyl (C=O) groups excluding carboxylic acids is 2. The van der Waals surface area contributed by atoms with Crippen LogP contribution >= 0.6 is 34.8 Å². The quantitative estimate of drug-likeness (QED) is 0.396. The lowest BCUT2D eigenvalue weighted by Gasteiger charge is -2.10. The Hall–Kier alpha value is -1.82. The molecule has 0 bridgehead atoms. The van der Waals surface area contributed by atoms with Crippen molar-refractivity contribution in [2.24, 2.45) is 0 Å². The summed E-state index contributed by atoms with van der Waals surface area (Å²) >= 11 is 18.4. The van der Waals surface area contributed by atoms with Gasteiger partial charge in [0.2, 0.25) is 0 Å². The average Bonchev–Trinajstić information content (AvgIpc) is 2.61. The number of Topliss-reactive ketones (excluding diaryl/α,β-unsaturated/α-hetero) is 1. The van der Waals surface area contributed by atoms with E-state index < -0.39 is 11.8 Å². The second-order valence-corrected chi connectivity index (χ2v) is 6.59. The van der Waals surface area contributed by atoms with Crippen LogP contribution in [0.5, 0.6) is 5.75 Å². The normalized spacial score (nSPS) is 10.6. The van der Waals surface area contributed by atoms with Crippen LogP contribution in [0.15, 0.2) is 24.3 Å². The maximum absolute atomic E-state index is 12.3. The number of rotatable bonds is 7. The molecule has 0 aliphatic rings. The molecule has 1 aromatic heterocycles. The van der Waals surface area contributed by atoms with Gasteiger partial charge in [-0.15, -0.1) is 0 Å². The molecule has 0 radical (unpaired) electrons. The molecule has 138 valence electrons. The van der Waals surface area contributed by atoms with Crippen molar-refractivity contribution in [1.29, 1.82) is 0 Å². The van der Waals surface area contributed by atoms with Crippen molar-refractivity contribution in [3.05, 3.63) is 56.3 Å². The largest absolute Gasteiger partial charge is 0.506 e. The third-order valence-corrected chi connectivity index (χ3v) is 4.75. The van der Waals surface area contributed by atoms with Gasteiger partial charge in [-0.2, -0.15) is 0 Å². The monoisotopic (exact) mass is 415 g/mol. The number of benzene rings is 1. The number of aromatic nitrogens is 1. The predicted octanol–water partition coefficient (Wildman–Crippen LogP) is 4.86. The van der Waals surface area contributed by atoms with E-state index in [1.165, 1.54) is 6.07 Å². The maximum Gasteiger partial charge on any atom is 0.306 e. The lowest BCUT2D eigenvalue weighted by atomic mass is 10.1. The summed E-state index contributed by atoms with van der Waals surface area (Å²) in [5.74, 6) is -1.19. The first-order chi connectivity index (χ1) is 12.3. The van der Waals surface area contributed by atoms with Crippen LogP contribution in [0, 0.1) is 0 Å². The highest BCUT2D eigenvalue weighted by atomic mass is 35.5. The zero-order valence-electron chi connectivity index (χ0n) is 13.9. The van der Waals surface area contributed by atoms with E-state index in [0.717, 1.165) is 0 Å². The van der Waals surface area contributed by atoms with E-state index in [9.17, 15) is 14.7 Å². The molecule has 5 nitrogen and oxygen atoms in total. The summed E-state index contributed by atoms with van der Waals surface area (Å²) in [4.78, 5) is 27.8. The number of aromatic hydroxyl groups is 1. The Morgan fingerprint density at radius 1 is 1.08 bits per heavy atom. The van der Waals surface area contributed by atoms with Crippen LogP contribution in [0.25, 0.3) is 0 Å². The van der Waals surface area contributed by atoms with Gasteiger partial charge in [-0.25, -0.2) is 4.98 Å². The van der Waals surface area contributed by atoms with E-state index in [1.54, 1.807) is 25.1 Å². The minimum atomic E-state index is -0.478. The van der Waals surface area contributed by atoms with Crippen molar-refractivity contribution < 1.29 is 19.4 Å². The molecule has 1 N–H and O–H groups in total. The molecule has 0 amide bonds. The topological polar surface area (TPSA) is 76.5 Å². The molecule has 26 heavy (non-hydrogen) atoms. The van der Waals surface area contributed by atoms with Crippen molar-refractivity contribution in [1.82, 2.24) is 4.98 Å². The number of hydrogen-bond acceptors (Lipinski definition) is 5. The van der Waals surface area contributed by atoms with E-state index in [2.05, 4.69) is 4.98 Å². The van der Waals surface area contributed by atoms with E-state index in [1.807, 2.05) is 0 Å². The third-order valence-electron chi connectivity index (χ3n) is 3.55. The summed E-state index contributed by atoms with van der Waals surface area (Å²) in [5, 5.41) is 11.0. The number of hydrogen-bond donors (Lipinski definition) is 1. The Morgan fingerprint density at radius 3 is 2.46 bits per heavy atom. The van der Waals surface area contributed by atoms with Gasteiger partial charge in [-0.05, 0) is 36.8 Å². The molecule has 0 atom stereocenters. The van der Waals surface area contributed by atoms with Crippen LogP contribution in [-0.2, 0) is 16.0 Å². The first-order valence-corrected chi connectivity index (χ1v) is 8.97. The van der Waals surface area contributed by atoms with Crippen LogP contribution in [0.3, 0.4) is 0 Å². The number of halogens is 3.